The Labute approximate surface area is 229 Å². The van der Waals surface area contributed by atoms with E-state index < -0.39 is 0 Å². The van der Waals surface area contributed by atoms with Crippen LogP contribution in [0.1, 0.15) is 54.3 Å². The summed E-state index contributed by atoms with van der Waals surface area (Å²) in [5.41, 5.74) is 4.76. The van der Waals surface area contributed by atoms with E-state index >= 15 is 0 Å². The molecule has 39 heavy (non-hydrogen) atoms. The Balaban J connectivity index is 1.32. The number of piperidine rings is 1. The number of likely N-dealkylation sites (tertiary alicyclic amines) is 1. The van der Waals surface area contributed by atoms with Crippen LogP contribution in [0.3, 0.4) is 0 Å². The van der Waals surface area contributed by atoms with Gasteiger partial charge in [-0.3, -0.25) is 4.79 Å². The molecular formula is C34H33NO4. The summed E-state index contributed by atoms with van der Waals surface area (Å²) in [7, 11) is 0. The monoisotopic (exact) mass is 519 g/mol. The molecule has 1 aromatic heterocycles. The zero-order chi connectivity index (χ0) is 26.8. The van der Waals surface area contributed by atoms with Crippen molar-refractivity contribution in [1.82, 2.24) is 4.90 Å². The van der Waals surface area contributed by atoms with Gasteiger partial charge in [-0.2, -0.15) is 0 Å². The van der Waals surface area contributed by atoms with Crippen molar-refractivity contribution in [3.8, 4) is 22.6 Å². The summed E-state index contributed by atoms with van der Waals surface area (Å²) < 4.78 is 18.5. The van der Waals surface area contributed by atoms with Crippen LogP contribution in [-0.4, -0.2) is 36.9 Å². The van der Waals surface area contributed by atoms with Crippen LogP contribution < -0.4 is 9.47 Å². The average molecular weight is 520 g/mol. The summed E-state index contributed by atoms with van der Waals surface area (Å²) in [4.78, 5) is 16.5. The lowest BCUT2D eigenvalue weighted by molar-refractivity contribution is 0.101. The van der Waals surface area contributed by atoms with E-state index in [9.17, 15) is 4.79 Å². The highest BCUT2D eigenvalue weighted by molar-refractivity contribution is 6.17. The first kappa shape index (κ1) is 25.2. The third kappa shape index (κ3) is 5.15. The molecule has 2 aliphatic rings. The van der Waals surface area contributed by atoms with Crippen molar-refractivity contribution in [2.75, 3.05) is 26.2 Å². The van der Waals surface area contributed by atoms with Gasteiger partial charge in [0.25, 0.3) is 0 Å². The average Bonchev–Trinajstić information content (AvgIpc) is 3.36. The lowest BCUT2D eigenvalue weighted by Gasteiger charge is -2.26. The van der Waals surface area contributed by atoms with Gasteiger partial charge in [0.15, 0.2) is 5.76 Å². The summed E-state index contributed by atoms with van der Waals surface area (Å²) in [6.07, 6.45) is 6.80. The van der Waals surface area contributed by atoms with Gasteiger partial charge in [-0.1, -0.05) is 55.5 Å². The fourth-order valence-electron chi connectivity index (χ4n) is 5.62. The van der Waals surface area contributed by atoms with Gasteiger partial charge in [-0.25, -0.2) is 0 Å². The van der Waals surface area contributed by atoms with Crippen molar-refractivity contribution in [2.24, 2.45) is 0 Å². The van der Waals surface area contributed by atoms with E-state index in [4.69, 9.17) is 13.9 Å². The Morgan fingerprint density at radius 2 is 1.82 bits per heavy atom. The van der Waals surface area contributed by atoms with Crippen molar-refractivity contribution in [1.29, 1.82) is 0 Å². The molecule has 3 aromatic carbocycles. The molecule has 1 fully saturated rings. The molecule has 1 saturated heterocycles. The van der Waals surface area contributed by atoms with Crippen molar-refractivity contribution < 1.29 is 18.7 Å². The van der Waals surface area contributed by atoms with Gasteiger partial charge in [-0.05, 0) is 80.8 Å². The largest absolute Gasteiger partial charge is 0.494 e. The van der Waals surface area contributed by atoms with Crippen molar-refractivity contribution >= 4 is 22.3 Å². The first-order valence-corrected chi connectivity index (χ1v) is 13.8. The molecule has 3 heterocycles. The Kier molecular flexibility index (Phi) is 7.08. The maximum absolute atomic E-state index is 14.0. The molecule has 0 N–H and O–H groups in total. The number of hydrogen-bond acceptors (Lipinski definition) is 5. The van der Waals surface area contributed by atoms with Crippen LogP contribution in [0.15, 0.2) is 89.6 Å². The van der Waals surface area contributed by atoms with Gasteiger partial charge < -0.3 is 18.8 Å². The minimum absolute atomic E-state index is 0.195. The number of allylic oxidation sites excluding steroid dienone is 2. The Hall–Kier alpha value is -4.09. The normalized spacial score (nSPS) is 15.5. The van der Waals surface area contributed by atoms with Crippen LogP contribution in [0.2, 0.25) is 0 Å². The molecule has 4 aromatic rings. The fourth-order valence-corrected chi connectivity index (χ4v) is 5.62. The molecule has 5 heteroatoms. The number of rotatable bonds is 8. The van der Waals surface area contributed by atoms with E-state index in [1.165, 1.54) is 32.4 Å². The fraction of sp³-hybridized carbons (Fsp3) is 0.265. The van der Waals surface area contributed by atoms with E-state index in [-0.39, 0.29) is 11.5 Å². The lowest BCUT2D eigenvalue weighted by atomic mass is 9.94. The zero-order valence-electron chi connectivity index (χ0n) is 22.4. The van der Waals surface area contributed by atoms with Crippen LogP contribution in [0.25, 0.3) is 27.7 Å². The molecule has 0 amide bonds. The van der Waals surface area contributed by atoms with E-state index in [0.29, 0.717) is 35.0 Å². The number of benzene rings is 3. The number of ether oxygens (including phenoxy) is 2. The minimum Gasteiger partial charge on any atom is -0.494 e. The molecule has 6 rings (SSSR count). The topological polar surface area (TPSA) is 51.9 Å². The van der Waals surface area contributed by atoms with Gasteiger partial charge in [0, 0.05) is 23.2 Å². The molecule has 0 radical (unpaired) electrons. The number of furan rings is 1. The molecule has 2 aliphatic heterocycles. The van der Waals surface area contributed by atoms with Gasteiger partial charge >= 0.3 is 0 Å². The molecule has 198 valence electrons. The molecular weight excluding hydrogens is 486 g/mol. The third-order valence-electron chi connectivity index (χ3n) is 7.55. The van der Waals surface area contributed by atoms with Crippen molar-refractivity contribution in [3.05, 3.63) is 102 Å². The molecule has 0 spiro atoms. The van der Waals surface area contributed by atoms with Gasteiger partial charge in [0.05, 0.1) is 12.0 Å². The number of fused-ring (bicyclic) bond motifs is 3. The molecule has 0 atom stereocenters. The third-order valence-corrected chi connectivity index (χ3v) is 7.55. The predicted molar refractivity (Wildman–Crippen MR) is 155 cm³/mol. The molecule has 0 saturated carbocycles. The van der Waals surface area contributed by atoms with E-state index in [2.05, 4.69) is 11.5 Å². The first-order valence-electron chi connectivity index (χ1n) is 13.8. The maximum atomic E-state index is 14.0. The second-order valence-electron chi connectivity index (χ2n) is 10.3. The van der Waals surface area contributed by atoms with E-state index in [0.717, 1.165) is 40.6 Å². The number of carbonyl (C=O) groups is 1. The van der Waals surface area contributed by atoms with Crippen LogP contribution in [-0.2, 0) is 0 Å². The second-order valence-corrected chi connectivity index (χ2v) is 10.3. The predicted octanol–water partition coefficient (Wildman–Crippen LogP) is 7.90. The minimum atomic E-state index is -0.195. The maximum Gasteiger partial charge on any atom is 0.229 e. The highest BCUT2D eigenvalue weighted by Gasteiger charge is 2.28. The smallest absolute Gasteiger partial charge is 0.229 e. The Bertz CT molecular complexity index is 1560. The van der Waals surface area contributed by atoms with Crippen LogP contribution in [0.5, 0.6) is 11.5 Å². The molecule has 5 nitrogen and oxygen atoms in total. The SMILES string of the molecule is C=C1C=C(C)c2ccc3oc(C(=O)c4cccc(OCCCN5CCCCC5)c4)c(-c4ccccc4)c3c2O1. The number of ketones is 1. The molecule has 0 unspecified atom stereocenters. The second kappa shape index (κ2) is 11.0. The number of hydrogen-bond donors (Lipinski definition) is 0. The quantitative estimate of drug-likeness (QED) is 0.175. The summed E-state index contributed by atoms with van der Waals surface area (Å²) in [5, 5.41) is 0.778. The first-order chi connectivity index (χ1) is 19.1. The Morgan fingerprint density at radius 3 is 2.64 bits per heavy atom. The highest BCUT2D eigenvalue weighted by Crippen LogP contribution is 2.46. The van der Waals surface area contributed by atoms with Gasteiger partial charge in [0.2, 0.25) is 5.78 Å². The van der Waals surface area contributed by atoms with Crippen LogP contribution in [0.4, 0.5) is 0 Å². The number of carbonyl (C=O) groups excluding carboxylic acids is 1. The summed E-state index contributed by atoms with van der Waals surface area (Å²) in [6.45, 7) is 10.1. The number of nitrogens with zero attached hydrogens (tertiary/aromatic N) is 1. The zero-order valence-corrected chi connectivity index (χ0v) is 22.4. The van der Waals surface area contributed by atoms with Crippen molar-refractivity contribution in [3.63, 3.8) is 0 Å². The molecule has 0 aliphatic carbocycles. The van der Waals surface area contributed by atoms with Gasteiger partial charge in [0.1, 0.15) is 22.8 Å². The van der Waals surface area contributed by atoms with Gasteiger partial charge in [-0.15, -0.1) is 0 Å². The van der Waals surface area contributed by atoms with Crippen LogP contribution >= 0.6 is 0 Å². The van der Waals surface area contributed by atoms with E-state index in [1.807, 2.05) is 79.7 Å². The summed E-state index contributed by atoms with van der Waals surface area (Å²) in [6, 6.07) is 21.1. The van der Waals surface area contributed by atoms with E-state index in [1.54, 1.807) is 0 Å². The van der Waals surface area contributed by atoms with Crippen LogP contribution in [0, 0.1) is 0 Å². The summed E-state index contributed by atoms with van der Waals surface area (Å²) >= 11 is 0. The lowest BCUT2D eigenvalue weighted by Crippen LogP contribution is -2.31. The molecule has 0 bridgehead atoms. The standard InChI is InChI=1S/C34H33NO4/c1-23-21-24(2)38-33-28(23)15-16-29-31(33)30(25-11-5-3-6-12-25)34(39-29)32(36)26-13-9-14-27(22-26)37-20-10-19-35-17-7-4-8-18-35/h3,5-6,9,11-16,21-22H,2,4,7-8,10,17-20H2,1H3. The highest BCUT2D eigenvalue weighted by atomic mass is 16.5. The Morgan fingerprint density at radius 1 is 1.00 bits per heavy atom. The van der Waals surface area contributed by atoms with Crippen molar-refractivity contribution in [2.45, 2.75) is 32.6 Å². The summed E-state index contributed by atoms with van der Waals surface area (Å²) in [5.74, 6) is 2.01.